The van der Waals surface area contributed by atoms with E-state index in [0.717, 1.165) is 12.8 Å². The highest BCUT2D eigenvalue weighted by molar-refractivity contribution is 6.31. The van der Waals surface area contributed by atoms with E-state index in [-0.39, 0.29) is 12.4 Å². The third kappa shape index (κ3) is 3.22. The lowest BCUT2D eigenvalue weighted by Crippen LogP contribution is -2.36. The monoisotopic (exact) mass is 271 g/mol. The van der Waals surface area contributed by atoms with Gasteiger partial charge in [0.05, 0.1) is 12.6 Å². The van der Waals surface area contributed by atoms with E-state index in [0.29, 0.717) is 16.6 Å². The Labute approximate surface area is 112 Å². The maximum atomic E-state index is 13.8. The Morgan fingerprint density at radius 3 is 2.67 bits per heavy atom. The summed E-state index contributed by atoms with van der Waals surface area (Å²) < 4.78 is 13.8. The molecule has 0 radical (unpaired) electrons. The molecule has 1 aromatic carbocycles. The Bertz CT molecular complexity index is 373. The molecule has 0 bridgehead atoms. The highest BCUT2D eigenvalue weighted by atomic mass is 35.5. The molecule has 18 heavy (non-hydrogen) atoms. The maximum Gasteiger partial charge on any atom is 0.129 e. The van der Waals surface area contributed by atoms with Crippen molar-refractivity contribution in [2.24, 2.45) is 0 Å². The van der Waals surface area contributed by atoms with Crippen molar-refractivity contribution in [3.63, 3.8) is 0 Å². The summed E-state index contributed by atoms with van der Waals surface area (Å²) in [6.07, 6.45) is 5.83. The van der Waals surface area contributed by atoms with Crippen LogP contribution in [-0.2, 0) is 0 Å². The topological polar surface area (TPSA) is 32.3 Å². The van der Waals surface area contributed by atoms with E-state index in [1.165, 1.54) is 25.3 Å². The summed E-state index contributed by atoms with van der Waals surface area (Å²) in [4.78, 5) is 0. The summed E-state index contributed by atoms with van der Waals surface area (Å²) in [6, 6.07) is 4.56. The van der Waals surface area contributed by atoms with Crippen LogP contribution in [0.5, 0.6) is 0 Å². The Hall–Kier alpha value is -0.640. The van der Waals surface area contributed by atoms with Gasteiger partial charge in [-0.1, -0.05) is 36.9 Å². The minimum absolute atomic E-state index is 0.142. The van der Waals surface area contributed by atoms with Gasteiger partial charge in [0.25, 0.3) is 0 Å². The molecule has 1 fully saturated rings. The minimum Gasteiger partial charge on any atom is -0.394 e. The van der Waals surface area contributed by atoms with Crippen LogP contribution in [0.2, 0.25) is 5.02 Å². The van der Waals surface area contributed by atoms with Crippen molar-refractivity contribution in [2.75, 3.05) is 6.61 Å². The van der Waals surface area contributed by atoms with Gasteiger partial charge in [-0.15, -0.1) is 0 Å². The molecule has 1 aliphatic rings. The molecular weight excluding hydrogens is 253 g/mol. The smallest absolute Gasteiger partial charge is 0.129 e. The number of halogens is 2. The van der Waals surface area contributed by atoms with Crippen LogP contribution in [-0.4, -0.2) is 17.8 Å². The van der Waals surface area contributed by atoms with Crippen LogP contribution in [0.25, 0.3) is 0 Å². The molecule has 4 heteroatoms. The first kappa shape index (κ1) is 13.8. The van der Waals surface area contributed by atoms with Gasteiger partial charge in [0.15, 0.2) is 0 Å². The standard InChI is InChI=1S/C14H19ClFNO/c15-11-7-4-8-12(16)14(11)13(9-18)17-10-5-2-1-3-6-10/h4,7-8,10,13,17-18H,1-3,5-6,9H2. The van der Waals surface area contributed by atoms with Crippen LogP contribution < -0.4 is 5.32 Å². The SMILES string of the molecule is OCC(NC1CCCCC1)c1c(F)cccc1Cl. The average Bonchev–Trinajstić information content (AvgIpc) is 2.38. The van der Waals surface area contributed by atoms with Crippen LogP contribution in [0.4, 0.5) is 4.39 Å². The second-order valence-electron chi connectivity index (χ2n) is 4.87. The number of hydrogen-bond acceptors (Lipinski definition) is 2. The molecule has 1 unspecified atom stereocenters. The molecule has 100 valence electrons. The van der Waals surface area contributed by atoms with Gasteiger partial charge >= 0.3 is 0 Å². The molecule has 2 rings (SSSR count). The van der Waals surface area contributed by atoms with Gasteiger partial charge < -0.3 is 10.4 Å². The number of aliphatic hydroxyl groups is 1. The summed E-state index contributed by atoms with van der Waals surface area (Å²) in [5.41, 5.74) is 0.382. The lowest BCUT2D eigenvalue weighted by atomic mass is 9.94. The highest BCUT2D eigenvalue weighted by Crippen LogP contribution is 2.28. The molecule has 0 aliphatic heterocycles. The second-order valence-corrected chi connectivity index (χ2v) is 5.28. The molecule has 2 N–H and O–H groups in total. The molecule has 1 aliphatic carbocycles. The second kappa shape index (κ2) is 6.50. The van der Waals surface area contributed by atoms with Gasteiger partial charge in [0.1, 0.15) is 5.82 Å². The van der Waals surface area contributed by atoms with Gasteiger partial charge in [0, 0.05) is 16.6 Å². The zero-order valence-corrected chi connectivity index (χ0v) is 11.1. The summed E-state index contributed by atoms with van der Waals surface area (Å²) in [7, 11) is 0. The lowest BCUT2D eigenvalue weighted by Gasteiger charge is -2.28. The summed E-state index contributed by atoms with van der Waals surface area (Å²) in [6.45, 7) is -0.142. The molecule has 0 spiro atoms. The molecule has 1 aromatic rings. The summed E-state index contributed by atoms with van der Waals surface area (Å²) in [5, 5.41) is 13.2. The van der Waals surface area contributed by atoms with E-state index in [9.17, 15) is 9.50 Å². The predicted octanol–water partition coefficient (Wildman–Crippen LogP) is 3.43. The summed E-state index contributed by atoms with van der Waals surface area (Å²) >= 11 is 6.03. The van der Waals surface area contributed by atoms with Gasteiger partial charge in [-0.3, -0.25) is 0 Å². The molecule has 0 heterocycles. The van der Waals surface area contributed by atoms with Crippen molar-refractivity contribution in [1.82, 2.24) is 5.32 Å². The molecular formula is C14H19ClFNO. The van der Waals surface area contributed by atoms with Crippen LogP contribution in [0.3, 0.4) is 0 Å². The molecule has 0 aromatic heterocycles. The van der Waals surface area contributed by atoms with Crippen LogP contribution >= 0.6 is 11.6 Å². The van der Waals surface area contributed by atoms with Crippen LogP contribution in [0.1, 0.15) is 43.7 Å². The number of aliphatic hydroxyl groups excluding tert-OH is 1. The highest BCUT2D eigenvalue weighted by Gasteiger charge is 2.22. The normalized spacial score (nSPS) is 18.8. The third-order valence-corrected chi connectivity index (χ3v) is 3.90. The zero-order chi connectivity index (χ0) is 13.0. The first-order chi connectivity index (χ1) is 8.72. The van der Waals surface area contributed by atoms with Crippen LogP contribution in [0, 0.1) is 5.82 Å². The first-order valence-electron chi connectivity index (χ1n) is 6.53. The maximum absolute atomic E-state index is 13.8. The largest absolute Gasteiger partial charge is 0.394 e. The van der Waals surface area contributed by atoms with E-state index in [2.05, 4.69) is 5.32 Å². The molecule has 0 amide bonds. The Morgan fingerprint density at radius 1 is 1.33 bits per heavy atom. The van der Waals surface area contributed by atoms with Crippen molar-refractivity contribution in [3.8, 4) is 0 Å². The molecule has 1 saturated carbocycles. The van der Waals surface area contributed by atoms with E-state index < -0.39 is 6.04 Å². The zero-order valence-electron chi connectivity index (χ0n) is 10.3. The van der Waals surface area contributed by atoms with E-state index in [1.54, 1.807) is 12.1 Å². The Kier molecular flexibility index (Phi) is 4.98. The number of benzene rings is 1. The summed E-state index contributed by atoms with van der Waals surface area (Å²) in [5.74, 6) is -0.357. The molecule has 0 saturated heterocycles. The number of nitrogens with one attached hydrogen (secondary N) is 1. The Balaban J connectivity index is 2.12. The molecule has 1 atom stereocenters. The minimum atomic E-state index is -0.415. The van der Waals surface area contributed by atoms with E-state index in [4.69, 9.17) is 11.6 Å². The van der Waals surface area contributed by atoms with Crippen molar-refractivity contribution < 1.29 is 9.50 Å². The number of rotatable bonds is 4. The van der Waals surface area contributed by atoms with Gasteiger partial charge in [-0.25, -0.2) is 4.39 Å². The van der Waals surface area contributed by atoms with Crippen LogP contribution in [0.15, 0.2) is 18.2 Å². The van der Waals surface area contributed by atoms with Gasteiger partial charge in [-0.05, 0) is 25.0 Å². The Morgan fingerprint density at radius 2 is 2.06 bits per heavy atom. The predicted molar refractivity (Wildman–Crippen MR) is 71.2 cm³/mol. The van der Waals surface area contributed by atoms with Crippen molar-refractivity contribution in [1.29, 1.82) is 0 Å². The fraction of sp³-hybridized carbons (Fsp3) is 0.571. The van der Waals surface area contributed by atoms with Gasteiger partial charge in [0.2, 0.25) is 0 Å². The lowest BCUT2D eigenvalue weighted by molar-refractivity contribution is 0.217. The first-order valence-corrected chi connectivity index (χ1v) is 6.91. The average molecular weight is 272 g/mol. The quantitative estimate of drug-likeness (QED) is 0.879. The number of hydrogen-bond donors (Lipinski definition) is 2. The fourth-order valence-electron chi connectivity index (χ4n) is 2.62. The van der Waals surface area contributed by atoms with Crippen molar-refractivity contribution in [3.05, 3.63) is 34.6 Å². The van der Waals surface area contributed by atoms with Gasteiger partial charge in [-0.2, -0.15) is 0 Å². The third-order valence-electron chi connectivity index (χ3n) is 3.57. The van der Waals surface area contributed by atoms with Crippen molar-refractivity contribution in [2.45, 2.75) is 44.2 Å². The molecule has 2 nitrogen and oxygen atoms in total. The van der Waals surface area contributed by atoms with Crippen molar-refractivity contribution >= 4 is 11.6 Å². The fourth-order valence-corrected chi connectivity index (χ4v) is 2.92. The van der Waals surface area contributed by atoms with E-state index >= 15 is 0 Å². The van der Waals surface area contributed by atoms with E-state index in [1.807, 2.05) is 0 Å².